The van der Waals surface area contributed by atoms with Crippen molar-refractivity contribution in [2.75, 3.05) is 6.54 Å². The smallest absolute Gasteiger partial charge is 0.278 e. The molecule has 1 unspecified atom stereocenters. The fourth-order valence-corrected chi connectivity index (χ4v) is 2.30. The van der Waals surface area contributed by atoms with E-state index >= 15 is 0 Å². The average Bonchev–Trinajstić information content (AvgIpc) is 2.48. The summed E-state index contributed by atoms with van der Waals surface area (Å²) in [5, 5.41) is 11.0. The Balaban J connectivity index is 2.13. The summed E-state index contributed by atoms with van der Waals surface area (Å²) in [6.07, 6.45) is 0. The van der Waals surface area contributed by atoms with Gasteiger partial charge in [-0.3, -0.25) is 10.1 Å². The maximum atomic E-state index is 11.0. The monoisotopic (exact) mass is 271 g/mol. The summed E-state index contributed by atoms with van der Waals surface area (Å²) < 4.78 is 0. The van der Waals surface area contributed by atoms with Crippen LogP contribution in [0.4, 0.5) is 5.69 Å². The topological polar surface area (TPSA) is 47.6 Å². The molecule has 0 saturated heterocycles. The summed E-state index contributed by atoms with van der Waals surface area (Å²) in [6, 6.07) is 17.2. The number of quaternary nitrogens is 1. The van der Waals surface area contributed by atoms with Gasteiger partial charge in [0.2, 0.25) is 0 Å². The Hall–Kier alpha value is -2.20. The quantitative estimate of drug-likeness (QED) is 0.647. The molecule has 104 valence electrons. The lowest BCUT2D eigenvalue weighted by Gasteiger charge is -2.17. The highest BCUT2D eigenvalue weighted by atomic mass is 16.6. The van der Waals surface area contributed by atoms with Gasteiger partial charge in [-0.2, -0.15) is 0 Å². The number of para-hydroxylation sites is 1. The summed E-state index contributed by atoms with van der Waals surface area (Å²) in [6.45, 7) is 4.58. The molecular weight excluding hydrogens is 252 g/mol. The van der Waals surface area contributed by atoms with Gasteiger partial charge in [0.15, 0.2) is 0 Å². The third kappa shape index (κ3) is 3.65. The van der Waals surface area contributed by atoms with Gasteiger partial charge in [0, 0.05) is 11.6 Å². The molecule has 0 fully saturated rings. The van der Waals surface area contributed by atoms with Crippen LogP contribution in [0.2, 0.25) is 0 Å². The summed E-state index contributed by atoms with van der Waals surface area (Å²) in [7, 11) is 0. The Morgan fingerprint density at radius 3 is 2.30 bits per heavy atom. The molecule has 20 heavy (non-hydrogen) atoms. The molecule has 0 spiro atoms. The Labute approximate surface area is 118 Å². The standard InChI is InChI=1S/C16H18N2O2/c1-2-17(12-14-8-4-3-5-9-14)13-15-10-6-7-11-16(15)18(19)20/h3-11H,2,12-13H2,1H3/p+1. The Morgan fingerprint density at radius 2 is 1.65 bits per heavy atom. The fraction of sp³-hybridized carbons (Fsp3) is 0.250. The van der Waals surface area contributed by atoms with Crippen LogP contribution in [0, 0.1) is 10.1 Å². The number of nitro groups is 1. The molecule has 2 aromatic rings. The van der Waals surface area contributed by atoms with Crippen LogP contribution in [0.3, 0.4) is 0 Å². The Kier molecular flexibility index (Phi) is 4.85. The average molecular weight is 271 g/mol. The molecular formula is C16H19N2O2+. The third-order valence-electron chi connectivity index (χ3n) is 3.43. The van der Waals surface area contributed by atoms with Crippen LogP contribution in [-0.4, -0.2) is 11.5 Å². The van der Waals surface area contributed by atoms with Crippen molar-refractivity contribution < 1.29 is 9.82 Å². The highest BCUT2D eigenvalue weighted by Crippen LogP contribution is 2.16. The Morgan fingerprint density at radius 1 is 1.00 bits per heavy atom. The molecule has 0 saturated carbocycles. The predicted octanol–water partition coefficient (Wildman–Crippen LogP) is 2.20. The molecule has 0 heterocycles. The minimum absolute atomic E-state index is 0.214. The zero-order chi connectivity index (χ0) is 14.4. The number of nitrogens with one attached hydrogen (secondary N) is 1. The van der Waals surface area contributed by atoms with Gasteiger partial charge in [0.25, 0.3) is 5.69 Å². The van der Waals surface area contributed by atoms with Crippen molar-refractivity contribution >= 4 is 5.69 Å². The number of hydrogen-bond donors (Lipinski definition) is 1. The first-order valence-electron chi connectivity index (χ1n) is 6.80. The van der Waals surface area contributed by atoms with E-state index < -0.39 is 0 Å². The van der Waals surface area contributed by atoms with E-state index in [0.717, 1.165) is 18.7 Å². The first-order chi connectivity index (χ1) is 9.70. The molecule has 0 aromatic heterocycles. The van der Waals surface area contributed by atoms with Gasteiger partial charge in [0.1, 0.15) is 13.1 Å². The van der Waals surface area contributed by atoms with E-state index in [2.05, 4.69) is 19.1 Å². The molecule has 0 amide bonds. The molecule has 1 atom stereocenters. The SMILES string of the molecule is CC[NH+](Cc1ccccc1)Cc1ccccc1[N+](=O)[O-]. The largest absolute Gasteiger partial charge is 0.327 e. The second kappa shape index (κ2) is 6.82. The lowest BCUT2D eigenvalue weighted by Crippen LogP contribution is -3.09. The molecule has 0 bridgehead atoms. The van der Waals surface area contributed by atoms with Gasteiger partial charge >= 0.3 is 0 Å². The molecule has 0 aliphatic heterocycles. The number of nitrogens with zero attached hydrogens (tertiary/aromatic N) is 1. The third-order valence-corrected chi connectivity index (χ3v) is 3.43. The van der Waals surface area contributed by atoms with Gasteiger partial charge in [-0.05, 0) is 13.0 Å². The van der Waals surface area contributed by atoms with E-state index in [0.29, 0.717) is 6.54 Å². The fourth-order valence-electron chi connectivity index (χ4n) is 2.30. The molecule has 4 nitrogen and oxygen atoms in total. The van der Waals surface area contributed by atoms with Crippen molar-refractivity contribution in [2.45, 2.75) is 20.0 Å². The van der Waals surface area contributed by atoms with Gasteiger partial charge in [-0.25, -0.2) is 0 Å². The highest BCUT2D eigenvalue weighted by molar-refractivity contribution is 5.39. The van der Waals surface area contributed by atoms with Crippen LogP contribution in [0.5, 0.6) is 0 Å². The van der Waals surface area contributed by atoms with E-state index in [1.165, 1.54) is 10.5 Å². The number of nitro benzene ring substituents is 1. The van der Waals surface area contributed by atoms with Crippen LogP contribution in [0.25, 0.3) is 0 Å². The van der Waals surface area contributed by atoms with Crippen LogP contribution in [-0.2, 0) is 13.1 Å². The number of hydrogen-bond acceptors (Lipinski definition) is 2. The van der Waals surface area contributed by atoms with Gasteiger partial charge in [0.05, 0.1) is 17.0 Å². The van der Waals surface area contributed by atoms with Crippen LogP contribution >= 0.6 is 0 Å². The van der Waals surface area contributed by atoms with E-state index in [1.807, 2.05) is 30.3 Å². The first-order valence-corrected chi connectivity index (χ1v) is 6.80. The summed E-state index contributed by atoms with van der Waals surface area (Å²) >= 11 is 0. The van der Waals surface area contributed by atoms with Crippen LogP contribution in [0.1, 0.15) is 18.1 Å². The first kappa shape index (κ1) is 14.2. The summed E-state index contributed by atoms with van der Waals surface area (Å²) in [5.74, 6) is 0. The molecule has 0 radical (unpaired) electrons. The lowest BCUT2D eigenvalue weighted by molar-refractivity contribution is -0.925. The Bertz CT molecular complexity index is 570. The van der Waals surface area contributed by atoms with Gasteiger partial charge in [-0.1, -0.05) is 42.5 Å². The maximum Gasteiger partial charge on any atom is 0.278 e. The zero-order valence-corrected chi connectivity index (χ0v) is 11.6. The maximum absolute atomic E-state index is 11.0. The van der Waals surface area contributed by atoms with E-state index in [4.69, 9.17) is 0 Å². The lowest BCUT2D eigenvalue weighted by atomic mass is 10.1. The van der Waals surface area contributed by atoms with E-state index in [1.54, 1.807) is 12.1 Å². The van der Waals surface area contributed by atoms with Crippen molar-refractivity contribution in [1.82, 2.24) is 0 Å². The molecule has 2 aromatic carbocycles. The molecule has 1 N–H and O–H groups in total. The van der Waals surface area contributed by atoms with Crippen molar-refractivity contribution in [3.63, 3.8) is 0 Å². The van der Waals surface area contributed by atoms with Crippen molar-refractivity contribution in [3.05, 3.63) is 75.8 Å². The minimum atomic E-state index is -0.300. The van der Waals surface area contributed by atoms with Gasteiger partial charge < -0.3 is 4.90 Å². The van der Waals surface area contributed by atoms with E-state index in [-0.39, 0.29) is 10.6 Å². The number of benzene rings is 2. The minimum Gasteiger partial charge on any atom is -0.327 e. The van der Waals surface area contributed by atoms with Crippen molar-refractivity contribution in [2.24, 2.45) is 0 Å². The highest BCUT2D eigenvalue weighted by Gasteiger charge is 2.17. The van der Waals surface area contributed by atoms with Crippen LogP contribution < -0.4 is 4.90 Å². The van der Waals surface area contributed by atoms with Crippen molar-refractivity contribution in [3.8, 4) is 0 Å². The molecule has 4 heteroatoms. The second-order valence-corrected chi connectivity index (χ2v) is 4.83. The predicted molar refractivity (Wildman–Crippen MR) is 78.5 cm³/mol. The molecule has 0 aliphatic rings. The van der Waals surface area contributed by atoms with Crippen molar-refractivity contribution in [1.29, 1.82) is 0 Å². The zero-order valence-electron chi connectivity index (χ0n) is 11.6. The summed E-state index contributed by atoms with van der Waals surface area (Å²) in [5.41, 5.74) is 2.26. The number of rotatable bonds is 6. The van der Waals surface area contributed by atoms with E-state index in [9.17, 15) is 10.1 Å². The second-order valence-electron chi connectivity index (χ2n) is 4.83. The normalized spacial score (nSPS) is 12.1. The van der Waals surface area contributed by atoms with Gasteiger partial charge in [-0.15, -0.1) is 0 Å². The molecule has 0 aliphatic carbocycles. The summed E-state index contributed by atoms with van der Waals surface area (Å²) in [4.78, 5) is 12.1. The van der Waals surface area contributed by atoms with Crippen LogP contribution in [0.15, 0.2) is 54.6 Å². The molecule has 2 rings (SSSR count).